The zero-order valence-corrected chi connectivity index (χ0v) is 15.5. The van der Waals surface area contributed by atoms with Gasteiger partial charge in [-0.3, -0.25) is 9.59 Å². The molecule has 8 heteroatoms. The first-order valence-corrected chi connectivity index (χ1v) is 8.05. The topological polar surface area (TPSA) is 78.7 Å². The van der Waals surface area contributed by atoms with Gasteiger partial charge in [0.05, 0.1) is 5.54 Å². The van der Waals surface area contributed by atoms with Gasteiger partial charge >= 0.3 is 0 Å². The van der Waals surface area contributed by atoms with Crippen molar-refractivity contribution < 1.29 is 9.59 Å². The molecule has 1 saturated heterocycles. The second kappa shape index (κ2) is 10.3. The van der Waals surface area contributed by atoms with E-state index in [1.165, 1.54) is 0 Å². The van der Waals surface area contributed by atoms with Gasteiger partial charge in [0.25, 0.3) is 0 Å². The van der Waals surface area contributed by atoms with E-state index in [4.69, 9.17) is 5.73 Å². The standard InChI is InChI=1S/C15H28N4O2.2ClH/c1-18-9-11-19(12-10-18)13(20)5-8-17-14(21)15(16)6-3-2-4-7-15;;/h2-12,16H2,1H3,(H,17,21);2*1H. The Balaban J connectivity index is 0.00000242. The van der Waals surface area contributed by atoms with E-state index in [-0.39, 0.29) is 36.6 Å². The number of piperazine rings is 1. The van der Waals surface area contributed by atoms with Gasteiger partial charge in [-0.15, -0.1) is 24.8 Å². The lowest BCUT2D eigenvalue weighted by Crippen LogP contribution is -2.55. The van der Waals surface area contributed by atoms with Gasteiger partial charge in [0, 0.05) is 39.1 Å². The number of hydrogen-bond acceptors (Lipinski definition) is 4. The Hall–Kier alpha value is -0.560. The maximum atomic E-state index is 12.2. The number of nitrogens with two attached hydrogens (primary N) is 1. The fourth-order valence-corrected chi connectivity index (χ4v) is 3.08. The second-order valence-corrected chi connectivity index (χ2v) is 6.41. The Kier molecular flexibility index (Phi) is 10.1. The average Bonchev–Trinajstić information content (AvgIpc) is 2.48. The zero-order valence-electron chi connectivity index (χ0n) is 13.9. The molecule has 0 unspecified atom stereocenters. The quantitative estimate of drug-likeness (QED) is 0.768. The number of halogens is 2. The molecule has 1 heterocycles. The van der Waals surface area contributed by atoms with Crippen molar-refractivity contribution in [1.29, 1.82) is 0 Å². The lowest BCUT2D eigenvalue weighted by Gasteiger charge is -2.33. The minimum atomic E-state index is -0.713. The summed E-state index contributed by atoms with van der Waals surface area (Å²) in [7, 11) is 2.06. The van der Waals surface area contributed by atoms with E-state index >= 15 is 0 Å². The largest absolute Gasteiger partial charge is 0.354 e. The average molecular weight is 369 g/mol. The van der Waals surface area contributed by atoms with Crippen LogP contribution in [-0.4, -0.2) is 66.9 Å². The number of hydrogen-bond donors (Lipinski definition) is 2. The van der Waals surface area contributed by atoms with Crippen LogP contribution in [0.4, 0.5) is 0 Å². The van der Waals surface area contributed by atoms with Crippen molar-refractivity contribution >= 4 is 36.6 Å². The van der Waals surface area contributed by atoms with Gasteiger partial charge in [-0.1, -0.05) is 19.3 Å². The molecule has 1 saturated carbocycles. The van der Waals surface area contributed by atoms with Gasteiger partial charge in [-0.05, 0) is 19.9 Å². The van der Waals surface area contributed by atoms with E-state index < -0.39 is 5.54 Å². The number of likely N-dealkylation sites (N-methyl/N-ethyl adjacent to an activating group) is 1. The molecule has 136 valence electrons. The van der Waals surface area contributed by atoms with Crippen molar-refractivity contribution in [3.8, 4) is 0 Å². The molecule has 0 atom stereocenters. The maximum absolute atomic E-state index is 12.2. The molecule has 3 N–H and O–H groups in total. The Morgan fingerprint density at radius 3 is 2.17 bits per heavy atom. The summed E-state index contributed by atoms with van der Waals surface area (Å²) < 4.78 is 0. The second-order valence-electron chi connectivity index (χ2n) is 6.41. The van der Waals surface area contributed by atoms with E-state index in [2.05, 4.69) is 17.3 Å². The van der Waals surface area contributed by atoms with Gasteiger partial charge in [-0.2, -0.15) is 0 Å². The zero-order chi connectivity index (χ0) is 15.3. The van der Waals surface area contributed by atoms with Crippen molar-refractivity contribution in [3.05, 3.63) is 0 Å². The van der Waals surface area contributed by atoms with Crippen LogP contribution >= 0.6 is 24.8 Å². The minimum absolute atomic E-state index is 0. The minimum Gasteiger partial charge on any atom is -0.354 e. The molecule has 2 amide bonds. The van der Waals surface area contributed by atoms with Crippen LogP contribution in [0.15, 0.2) is 0 Å². The van der Waals surface area contributed by atoms with Gasteiger partial charge < -0.3 is 20.9 Å². The van der Waals surface area contributed by atoms with E-state index in [0.717, 1.165) is 58.3 Å². The van der Waals surface area contributed by atoms with Crippen LogP contribution in [0.1, 0.15) is 38.5 Å². The molecule has 0 aromatic carbocycles. The first-order chi connectivity index (χ1) is 10.0. The molecular weight excluding hydrogens is 339 g/mol. The number of carbonyl (C=O) groups excluding carboxylic acids is 2. The smallest absolute Gasteiger partial charge is 0.240 e. The summed E-state index contributed by atoms with van der Waals surface area (Å²) in [6, 6.07) is 0. The van der Waals surface area contributed by atoms with Gasteiger partial charge in [0.2, 0.25) is 11.8 Å². The van der Waals surface area contributed by atoms with Crippen LogP contribution in [0.3, 0.4) is 0 Å². The first-order valence-electron chi connectivity index (χ1n) is 8.05. The third kappa shape index (κ3) is 6.45. The summed E-state index contributed by atoms with van der Waals surface area (Å²) in [5, 5.41) is 2.85. The highest BCUT2D eigenvalue weighted by Crippen LogP contribution is 2.25. The van der Waals surface area contributed by atoms with Crippen LogP contribution < -0.4 is 11.1 Å². The summed E-state index contributed by atoms with van der Waals surface area (Å²) in [6.07, 6.45) is 5.07. The first kappa shape index (κ1) is 22.4. The van der Waals surface area contributed by atoms with Crippen LogP contribution in [0.5, 0.6) is 0 Å². The predicted molar refractivity (Wildman–Crippen MR) is 96.2 cm³/mol. The fourth-order valence-electron chi connectivity index (χ4n) is 3.08. The van der Waals surface area contributed by atoms with Crippen molar-refractivity contribution in [2.24, 2.45) is 5.73 Å². The molecule has 2 fully saturated rings. The Labute approximate surface area is 151 Å². The molecule has 0 bridgehead atoms. The van der Waals surface area contributed by atoms with Gasteiger partial charge in [0.1, 0.15) is 0 Å². The molecule has 0 aromatic heterocycles. The number of nitrogens with one attached hydrogen (secondary N) is 1. The molecule has 23 heavy (non-hydrogen) atoms. The highest BCUT2D eigenvalue weighted by Gasteiger charge is 2.35. The third-order valence-electron chi connectivity index (χ3n) is 4.68. The van der Waals surface area contributed by atoms with Gasteiger partial charge in [-0.25, -0.2) is 0 Å². The lowest BCUT2D eigenvalue weighted by molar-refractivity contribution is -0.133. The van der Waals surface area contributed by atoms with Crippen molar-refractivity contribution in [2.45, 2.75) is 44.1 Å². The van der Waals surface area contributed by atoms with Crippen LogP contribution in [0.2, 0.25) is 0 Å². The molecule has 1 aliphatic carbocycles. The van der Waals surface area contributed by atoms with Crippen LogP contribution in [0.25, 0.3) is 0 Å². The van der Waals surface area contributed by atoms with Crippen LogP contribution in [-0.2, 0) is 9.59 Å². The SMILES string of the molecule is CN1CCN(C(=O)CCNC(=O)C2(N)CCCCC2)CC1.Cl.Cl. The normalized spacial score (nSPS) is 20.9. The number of rotatable bonds is 4. The Bertz CT molecular complexity index is 382. The van der Waals surface area contributed by atoms with Crippen molar-refractivity contribution in [1.82, 2.24) is 15.1 Å². The summed E-state index contributed by atoms with van der Waals surface area (Å²) in [4.78, 5) is 28.3. The van der Waals surface area contributed by atoms with E-state index in [0.29, 0.717) is 13.0 Å². The monoisotopic (exact) mass is 368 g/mol. The Morgan fingerprint density at radius 1 is 1.04 bits per heavy atom. The molecule has 0 spiro atoms. The fraction of sp³-hybridized carbons (Fsp3) is 0.867. The van der Waals surface area contributed by atoms with E-state index in [9.17, 15) is 9.59 Å². The Morgan fingerprint density at radius 2 is 1.61 bits per heavy atom. The van der Waals surface area contributed by atoms with Gasteiger partial charge in [0.15, 0.2) is 0 Å². The number of nitrogens with zero attached hydrogens (tertiary/aromatic N) is 2. The van der Waals surface area contributed by atoms with Crippen molar-refractivity contribution in [2.75, 3.05) is 39.8 Å². The highest BCUT2D eigenvalue weighted by atomic mass is 35.5. The molecular formula is C15H30Cl2N4O2. The molecule has 2 rings (SSSR count). The summed E-state index contributed by atoms with van der Waals surface area (Å²) in [6.45, 7) is 3.80. The highest BCUT2D eigenvalue weighted by molar-refractivity contribution is 5.86. The predicted octanol–water partition coefficient (Wildman–Crippen LogP) is 0.772. The van der Waals surface area contributed by atoms with Crippen molar-refractivity contribution in [3.63, 3.8) is 0 Å². The number of amides is 2. The summed E-state index contributed by atoms with van der Waals surface area (Å²) in [5.41, 5.74) is 5.45. The van der Waals surface area contributed by atoms with E-state index in [1.54, 1.807) is 0 Å². The molecule has 0 aromatic rings. The van der Waals surface area contributed by atoms with Crippen LogP contribution in [0, 0.1) is 0 Å². The summed E-state index contributed by atoms with van der Waals surface area (Å²) in [5.74, 6) is 0.0338. The molecule has 6 nitrogen and oxygen atoms in total. The lowest BCUT2D eigenvalue weighted by atomic mass is 9.82. The molecule has 0 radical (unpaired) electrons. The maximum Gasteiger partial charge on any atom is 0.240 e. The molecule has 2 aliphatic rings. The number of carbonyl (C=O) groups is 2. The van der Waals surface area contributed by atoms with E-state index in [1.807, 2.05) is 4.90 Å². The summed E-state index contributed by atoms with van der Waals surface area (Å²) >= 11 is 0. The third-order valence-corrected chi connectivity index (χ3v) is 4.68. The molecule has 1 aliphatic heterocycles.